The molecule has 0 radical (unpaired) electrons. The van der Waals surface area contributed by atoms with Crippen LogP contribution in [0.25, 0.3) is 0 Å². The van der Waals surface area contributed by atoms with Crippen molar-refractivity contribution in [3.63, 3.8) is 0 Å². The maximum atomic E-state index is 11.7. The summed E-state index contributed by atoms with van der Waals surface area (Å²) in [7, 11) is 0. The van der Waals surface area contributed by atoms with Gasteiger partial charge in [0.05, 0.1) is 0 Å². The highest BCUT2D eigenvalue weighted by molar-refractivity contribution is 5.89. The molecule has 0 aliphatic rings. The third kappa shape index (κ3) is 4.82. The number of oxime groups is 1. The number of carbonyl (C=O) groups excluding carboxylic acids is 1. The average molecular weight is 266 g/mol. The van der Waals surface area contributed by atoms with Gasteiger partial charge in [-0.2, -0.15) is 0 Å². The Morgan fingerprint density at radius 2 is 2.05 bits per heavy atom. The second-order valence-electron chi connectivity index (χ2n) is 4.88. The minimum Gasteiger partial charge on any atom is -0.444 e. The van der Waals surface area contributed by atoms with E-state index in [1.165, 1.54) is 0 Å². The van der Waals surface area contributed by atoms with Crippen molar-refractivity contribution in [1.82, 2.24) is 10.3 Å². The number of nitrogens with one attached hydrogen (secondary N) is 1. The van der Waals surface area contributed by atoms with Crippen LogP contribution in [-0.2, 0) is 4.74 Å². The maximum absolute atomic E-state index is 11.7. The Morgan fingerprint density at radius 1 is 1.47 bits per heavy atom. The van der Waals surface area contributed by atoms with Crippen LogP contribution in [0.2, 0.25) is 0 Å². The number of hydrogen-bond donors (Lipinski definition) is 3. The van der Waals surface area contributed by atoms with Crippen LogP contribution in [0, 0.1) is 0 Å². The topological polar surface area (TPSA) is 110 Å². The molecule has 7 nitrogen and oxygen atoms in total. The fraction of sp³-hybridized carbons (Fsp3) is 0.417. The van der Waals surface area contributed by atoms with Gasteiger partial charge >= 0.3 is 6.09 Å². The van der Waals surface area contributed by atoms with E-state index in [0.717, 1.165) is 0 Å². The summed E-state index contributed by atoms with van der Waals surface area (Å²) in [5.74, 6) is -0.142. The summed E-state index contributed by atoms with van der Waals surface area (Å²) in [6.07, 6.45) is 2.44. The third-order valence-corrected chi connectivity index (χ3v) is 2.11. The Kier molecular flexibility index (Phi) is 4.68. The fourth-order valence-electron chi connectivity index (χ4n) is 1.37. The van der Waals surface area contributed by atoms with Gasteiger partial charge in [0, 0.05) is 12.4 Å². The number of ether oxygens (including phenoxy) is 1. The largest absolute Gasteiger partial charge is 0.444 e. The molecule has 1 rings (SSSR count). The van der Waals surface area contributed by atoms with Crippen LogP contribution in [0.3, 0.4) is 0 Å². The van der Waals surface area contributed by atoms with Gasteiger partial charge in [0.15, 0.2) is 5.84 Å². The summed E-state index contributed by atoms with van der Waals surface area (Å²) in [5, 5.41) is 14.2. The number of carbonyl (C=O) groups is 1. The molecule has 19 heavy (non-hydrogen) atoms. The van der Waals surface area contributed by atoms with Gasteiger partial charge in [-0.3, -0.25) is 4.98 Å². The number of rotatable bonds is 3. The lowest BCUT2D eigenvalue weighted by molar-refractivity contribution is 0.0516. The van der Waals surface area contributed by atoms with Gasteiger partial charge in [0.1, 0.15) is 11.6 Å². The molecule has 0 fully saturated rings. The van der Waals surface area contributed by atoms with E-state index in [4.69, 9.17) is 15.7 Å². The molecule has 1 aromatic rings. The van der Waals surface area contributed by atoms with Gasteiger partial charge < -0.3 is 21.0 Å². The number of amides is 1. The summed E-state index contributed by atoms with van der Waals surface area (Å²) >= 11 is 0. The molecular formula is C12H18N4O3. The molecule has 0 unspecified atom stereocenters. The predicted molar refractivity (Wildman–Crippen MR) is 69.8 cm³/mol. The van der Waals surface area contributed by atoms with Crippen molar-refractivity contribution in [1.29, 1.82) is 0 Å². The number of aromatic nitrogens is 1. The lowest BCUT2D eigenvalue weighted by Gasteiger charge is -2.23. The number of hydrogen-bond acceptors (Lipinski definition) is 5. The molecular weight excluding hydrogens is 248 g/mol. The number of pyridine rings is 1. The van der Waals surface area contributed by atoms with Crippen LogP contribution in [-0.4, -0.2) is 27.7 Å². The molecule has 4 N–H and O–H groups in total. The second-order valence-corrected chi connectivity index (χ2v) is 4.88. The molecule has 1 heterocycles. The van der Waals surface area contributed by atoms with E-state index in [1.54, 1.807) is 45.3 Å². The summed E-state index contributed by atoms with van der Waals surface area (Å²) < 4.78 is 5.13. The quantitative estimate of drug-likeness (QED) is 0.331. The molecule has 0 spiro atoms. The first-order chi connectivity index (χ1) is 8.83. The van der Waals surface area contributed by atoms with Crippen molar-refractivity contribution >= 4 is 11.9 Å². The molecule has 1 amide bonds. The maximum Gasteiger partial charge on any atom is 0.408 e. The van der Waals surface area contributed by atoms with E-state index < -0.39 is 17.7 Å². The van der Waals surface area contributed by atoms with Crippen LogP contribution < -0.4 is 11.1 Å². The van der Waals surface area contributed by atoms with Crippen molar-refractivity contribution in [2.45, 2.75) is 32.4 Å². The first kappa shape index (κ1) is 14.7. The molecule has 1 aromatic heterocycles. The lowest BCUT2D eigenvalue weighted by atomic mass is 10.1. The fourth-order valence-corrected chi connectivity index (χ4v) is 1.37. The van der Waals surface area contributed by atoms with Gasteiger partial charge in [-0.05, 0) is 38.5 Å². The normalized spacial score (nSPS) is 13.7. The molecule has 0 saturated heterocycles. The van der Waals surface area contributed by atoms with Crippen LogP contribution in [0.15, 0.2) is 29.7 Å². The summed E-state index contributed by atoms with van der Waals surface area (Å²) in [4.78, 5) is 15.6. The minimum absolute atomic E-state index is 0.142. The highest BCUT2D eigenvalue weighted by atomic mass is 16.6. The Labute approximate surface area is 111 Å². The number of amidine groups is 1. The number of nitrogens with zero attached hydrogens (tertiary/aromatic N) is 2. The van der Waals surface area contributed by atoms with Crippen molar-refractivity contribution in [3.8, 4) is 0 Å². The van der Waals surface area contributed by atoms with Crippen LogP contribution in [0.5, 0.6) is 0 Å². The standard InChI is InChI=1S/C12H18N4O3/c1-12(2,3)19-11(17)15-9(10(13)16-18)8-4-6-14-7-5-8/h4-7,9,18H,1-3H3,(H2,13,16)(H,15,17)/t9-/m0/s1. The van der Waals surface area contributed by atoms with Crippen LogP contribution in [0.1, 0.15) is 32.4 Å². The van der Waals surface area contributed by atoms with E-state index in [1.807, 2.05) is 0 Å². The lowest BCUT2D eigenvalue weighted by Crippen LogP contribution is -2.40. The van der Waals surface area contributed by atoms with E-state index in [-0.39, 0.29) is 5.84 Å². The molecule has 0 aliphatic carbocycles. The highest BCUT2D eigenvalue weighted by Crippen LogP contribution is 2.14. The predicted octanol–water partition coefficient (Wildman–Crippen LogP) is 1.39. The average Bonchev–Trinajstić information content (AvgIpc) is 2.34. The second kappa shape index (κ2) is 6.03. The van der Waals surface area contributed by atoms with Crippen molar-refractivity contribution < 1.29 is 14.7 Å². The Balaban J connectivity index is 2.86. The zero-order chi connectivity index (χ0) is 14.5. The molecule has 104 valence electrons. The van der Waals surface area contributed by atoms with Gasteiger partial charge in [-0.15, -0.1) is 0 Å². The van der Waals surface area contributed by atoms with Gasteiger partial charge in [-0.1, -0.05) is 5.16 Å². The van der Waals surface area contributed by atoms with Gasteiger partial charge in [0.25, 0.3) is 0 Å². The van der Waals surface area contributed by atoms with E-state index in [0.29, 0.717) is 5.56 Å². The molecule has 0 aromatic carbocycles. The first-order valence-electron chi connectivity index (χ1n) is 5.70. The van der Waals surface area contributed by atoms with E-state index in [9.17, 15) is 4.79 Å². The van der Waals surface area contributed by atoms with Crippen molar-refractivity contribution in [3.05, 3.63) is 30.1 Å². The highest BCUT2D eigenvalue weighted by Gasteiger charge is 2.23. The monoisotopic (exact) mass is 266 g/mol. The summed E-state index contributed by atoms with van der Waals surface area (Å²) in [5.41, 5.74) is 5.58. The van der Waals surface area contributed by atoms with Gasteiger partial charge in [-0.25, -0.2) is 4.79 Å². The Hall–Kier alpha value is -2.31. The van der Waals surface area contributed by atoms with Crippen LogP contribution >= 0.6 is 0 Å². The van der Waals surface area contributed by atoms with Crippen molar-refractivity contribution in [2.24, 2.45) is 10.9 Å². The van der Waals surface area contributed by atoms with E-state index >= 15 is 0 Å². The molecule has 1 atom stereocenters. The number of nitrogens with two attached hydrogens (primary N) is 1. The molecule has 0 bridgehead atoms. The third-order valence-electron chi connectivity index (χ3n) is 2.11. The smallest absolute Gasteiger partial charge is 0.408 e. The van der Waals surface area contributed by atoms with E-state index in [2.05, 4.69) is 15.5 Å². The van der Waals surface area contributed by atoms with Gasteiger partial charge in [0.2, 0.25) is 0 Å². The molecule has 7 heteroatoms. The minimum atomic E-state index is -0.775. The summed E-state index contributed by atoms with van der Waals surface area (Å²) in [6.45, 7) is 5.24. The molecule has 0 saturated carbocycles. The Bertz CT molecular complexity index is 454. The first-order valence-corrected chi connectivity index (χ1v) is 5.70. The summed E-state index contributed by atoms with van der Waals surface area (Å²) in [6, 6.07) is 2.53. The molecule has 0 aliphatic heterocycles. The van der Waals surface area contributed by atoms with Crippen LogP contribution in [0.4, 0.5) is 4.79 Å². The number of alkyl carbamates (subject to hydrolysis) is 1. The zero-order valence-electron chi connectivity index (χ0n) is 11.1. The zero-order valence-corrected chi connectivity index (χ0v) is 11.1. The SMILES string of the molecule is CC(C)(C)OC(=O)N[C@H](C(N)=NO)c1ccncc1. The Morgan fingerprint density at radius 3 is 2.53 bits per heavy atom. The van der Waals surface area contributed by atoms with Crippen molar-refractivity contribution in [2.75, 3.05) is 0 Å².